The highest BCUT2D eigenvalue weighted by Crippen LogP contribution is 2.14. The van der Waals surface area contributed by atoms with E-state index < -0.39 is 17.6 Å². The molecule has 1 aromatic heterocycles. The number of rotatable bonds is 1. The number of amides is 2. The molecule has 0 radical (unpaired) electrons. The van der Waals surface area contributed by atoms with Crippen molar-refractivity contribution >= 4 is 27.7 Å². The first-order valence-corrected chi connectivity index (χ1v) is 4.68. The molecule has 0 atom stereocenters. The molecule has 1 heterocycles. The number of aromatic nitrogens is 1. The average molecular weight is 276 g/mol. The summed E-state index contributed by atoms with van der Waals surface area (Å²) in [5, 5.41) is 0. The second-order valence-electron chi connectivity index (χ2n) is 2.62. The first-order valence-electron chi connectivity index (χ1n) is 3.88. The van der Waals surface area contributed by atoms with Crippen LogP contribution >= 0.6 is 15.9 Å². The molecule has 7 heteroatoms. The van der Waals surface area contributed by atoms with E-state index in [0.29, 0.717) is 0 Å². The Labute approximate surface area is 93.2 Å². The Morgan fingerprint density at radius 3 is 2.67 bits per heavy atom. The number of carbonyl (C=O) groups is 2. The van der Waals surface area contributed by atoms with Crippen molar-refractivity contribution in [2.75, 3.05) is 0 Å². The third-order valence-electron chi connectivity index (χ3n) is 1.37. The van der Waals surface area contributed by atoms with E-state index >= 15 is 0 Å². The minimum absolute atomic E-state index is 0.00912. The second kappa shape index (κ2) is 4.83. The predicted octanol–water partition coefficient (Wildman–Crippen LogP) is 0.764. The second-order valence-corrected chi connectivity index (χ2v) is 3.47. The number of nitrogens with one attached hydrogen (secondary N) is 2. The number of pyridine rings is 1. The van der Waals surface area contributed by atoms with Gasteiger partial charge < -0.3 is 0 Å². The van der Waals surface area contributed by atoms with Crippen LogP contribution in [0.3, 0.4) is 0 Å². The summed E-state index contributed by atoms with van der Waals surface area (Å²) in [6, 6.07) is 1.11. The van der Waals surface area contributed by atoms with Crippen LogP contribution in [0.1, 0.15) is 17.4 Å². The summed E-state index contributed by atoms with van der Waals surface area (Å²) in [7, 11) is 0. The summed E-state index contributed by atoms with van der Waals surface area (Å²) in [6.07, 6.45) is 0.910. The van der Waals surface area contributed by atoms with Gasteiger partial charge in [0, 0.05) is 6.92 Å². The van der Waals surface area contributed by atoms with Gasteiger partial charge in [0.25, 0.3) is 5.91 Å². The van der Waals surface area contributed by atoms with Crippen LogP contribution in [0.4, 0.5) is 4.39 Å². The van der Waals surface area contributed by atoms with E-state index in [4.69, 9.17) is 0 Å². The quantitative estimate of drug-likeness (QED) is 0.744. The predicted molar refractivity (Wildman–Crippen MR) is 53.2 cm³/mol. The molecule has 0 saturated heterocycles. The van der Waals surface area contributed by atoms with Crippen molar-refractivity contribution in [1.29, 1.82) is 0 Å². The normalized spacial score (nSPS) is 9.53. The van der Waals surface area contributed by atoms with E-state index in [2.05, 4.69) is 31.8 Å². The average Bonchev–Trinajstić information content (AvgIpc) is 2.14. The molecule has 80 valence electrons. The molecule has 0 fully saturated rings. The Balaban J connectivity index is 2.78. The van der Waals surface area contributed by atoms with Crippen LogP contribution in [0.15, 0.2) is 16.7 Å². The fraction of sp³-hybridized carbons (Fsp3) is 0.125. The molecule has 0 aliphatic rings. The first-order chi connectivity index (χ1) is 7.00. The first kappa shape index (κ1) is 11.6. The molecule has 5 nitrogen and oxygen atoms in total. The Kier molecular flexibility index (Phi) is 3.73. The van der Waals surface area contributed by atoms with Gasteiger partial charge in [0.1, 0.15) is 11.5 Å². The van der Waals surface area contributed by atoms with Gasteiger partial charge in [-0.05, 0) is 22.0 Å². The van der Waals surface area contributed by atoms with E-state index in [1.165, 1.54) is 6.92 Å². The fourth-order valence-corrected chi connectivity index (χ4v) is 1.29. The van der Waals surface area contributed by atoms with Crippen molar-refractivity contribution in [3.63, 3.8) is 0 Å². The van der Waals surface area contributed by atoms with Gasteiger partial charge in [-0.1, -0.05) is 0 Å². The van der Waals surface area contributed by atoms with Gasteiger partial charge in [0.05, 0.1) is 10.7 Å². The van der Waals surface area contributed by atoms with Gasteiger partial charge >= 0.3 is 0 Å². The molecule has 0 bridgehead atoms. The number of hydrazine groups is 1. The van der Waals surface area contributed by atoms with E-state index in [9.17, 15) is 14.0 Å². The molecule has 0 aliphatic heterocycles. The molecule has 1 aromatic rings. The summed E-state index contributed by atoms with van der Waals surface area (Å²) in [6.45, 7) is 1.24. The van der Waals surface area contributed by atoms with Crippen molar-refractivity contribution in [3.05, 3.63) is 28.2 Å². The molecule has 15 heavy (non-hydrogen) atoms. The van der Waals surface area contributed by atoms with E-state index in [-0.39, 0.29) is 10.2 Å². The Morgan fingerprint density at radius 2 is 2.13 bits per heavy atom. The van der Waals surface area contributed by atoms with Crippen LogP contribution in [0.25, 0.3) is 0 Å². The standard InChI is InChI=1S/C8H7BrFN3O2/c1-4(14)12-13-8(15)7-6(9)2-5(10)3-11-7/h2-3H,1H3,(H,12,14)(H,13,15). The molecular weight excluding hydrogens is 269 g/mol. The molecule has 2 amide bonds. The van der Waals surface area contributed by atoms with E-state index in [1.54, 1.807) is 0 Å². The lowest BCUT2D eigenvalue weighted by Gasteiger charge is -2.05. The van der Waals surface area contributed by atoms with Gasteiger partial charge in [-0.2, -0.15) is 0 Å². The van der Waals surface area contributed by atoms with Crippen molar-refractivity contribution < 1.29 is 14.0 Å². The molecule has 0 unspecified atom stereocenters. The largest absolute Gasteiger partial charge is 0.289 e. The summed E-state index contributed by atoms with van der Waals surface area (Å²) in [4.78, 5) is 25.4. The number of halogens is 2. The highest BCUT2D eigenvalue weighted by atomic mass is 79.9. The lowest BCUT2D eigenvalue weighted by molar-refractivity contribution is -0.119. The molecule has 1 rings (SSSR count). The maximum atomic E-state index is 12.6. The van der Waals surface area contributed by atoms with E-state index in [1.807, 2.05) is 0 Å². The van der Waals surface area contributed by atoms with Gasteiger partial charge in [-0.15, -0.1) is 0 Å². The van der Waals surface area contributed by atoms with Crippen LogP contribution in [-0.2, 0) is 4.79 Å². The van der Waals surface area contributed by atoms with Crippen LogP contribution in [0, 0.1) is 5.82 Å². The van der Waals surface area contributed by atoms with Crippen molar-refractivity contribution in [2.45, 2.75) is 6.92 Å². The van der Waals surface area contributed by atoms with E-state index in [0.717, 1.165) is 12.3 Å². The van der Waals surface area contributed by atoms with Gasteiger partial charge in [0.2, 0.25) is 5.91 Å². The lowest BCUT2D eigenvalue weighted by Crippen LogP contribution is -2.40. The summed E-state index contributed by atoms with van der Waals surface area (Å²) in [5.74, 6) is -1.60. The van der Waals surface area contributed by atoms with Crippen molar-refractivity contribution in [3.8, 4) is 0 Å². The number of nitrogens with zero attached hydrogens (tertiary/aromatic N) is 1. The smallest absolute Gasteiger partial charge is 0.274 e. The zero-order valence-corrected chi connectivity index (χ0v) is 9.26. The van der Waals surface area contributed by atoms with Crippen LogP contribution < -0.4 is 10.9 Å². The monoisotopic (exact) mass is 275 g/mol. The Hall–Kier alpha value is -1.50. The molecule has 2 N–H and O–H groups in total. The third kappa shape index (κ3) is 3.28. The minimum Gasteiger partial charge on any atom is -0.274 e. The topological polar surface area (TPSA) is 71.1 Å². The summed E-state index contributed by atoms with van der Waals surface area (Å²) in [5.41, 5.74) is 4.19. The van der Waals surface area contributed by atoms with Gasteiger partial charge in [-0.3, -0.25) is 20.4 Å². The molecule has 0 spiro atoms. The zero-order chi connectivity index (χ0) is 11.4. The van der Waals surface area contributed by atoms with Gasteiger partial charge in [0.15, 0.2) is 0 Å². The minimum atomic E-state index is -0.628. The van der Waals surface area contributed by atoms with Crippen LogP contribution in [-0.4, -0.2) is 16.8 Å². The van der Waals surface area contributed by atoms with Gasteiger partial charge in [-0.25, -0.2) is 9.37 Å². The molecule has 0 aromatic carbocycles. The maximum absolute atomic E-state index is 12.6. The zero-order valence-electron chi connectivity index (χ0n) is 7.67. The van der Waals surface area contributed by atoms with Crippen LogP contribution in [0.2, 0.25) is 0 Å². The Morgan fingerprint density at radius 1 is 1.47 bits per heavy atom. The van der Waals surface area contributed by atoms with Crippen molar-refractivity contribution in [1.82, 2.24) is 15.8 Å². The van der Waals surface area contributed by atoms with Crippen molar-refractivity contribution in [2.24, 2.45) is 0 Å². The highest BCUT2D eigenvalue weighted by molar-refractivity contribution is 9.10. The number of carbonyl (C=O) groups excluding carboxylic acids is 2. The third-order valence-corrected chi connectivity index (χ3v) is 1.98. The highest BCUT2D eigenvalue weighted by Gasteiger charge is 2.12. The SMILES string of the molecule is CC(=O)NNC(=O)c1ncc(F)cc1Br. The molecule has 0 aliphatic carbocycles. The Bertz CT molecular complexity index is 411. The summed E-state index contributed by atoms with van der Waals surface area (Å²) >= 11 is 2.98. The number of hydrogen-bond acceptors (Lipinski definition) is 3. The summed E-state index contributed by atoms with van der Waals surface area (Å²) < 4.78 is 12.8. The molecular formula is C8H7BrFN3O2. The lowest BCUT2D eigenvalue weighted by atomic mass is 10.3. The maximum Gasteiger partial charge on any atom is 0.289 e. The number of hydrogen-bond donors (Lipinski definition) is 2. The fourth-order valence-electron chi connectivity index (χ4n) is 0.786. The van der Waals surface area contributed by atoms with Crippen LogP contribution in [0.5, 0.6) is 0 Å². The molecule has 0 saturated carbocycles.